The van der Waals surface area contributed by atoms with Crippen LogP contribution in [0.2, 0.25) is 0 Å². The van der Waals surface area contributed by atoms with Gasteiger partial charge in [-0.15, -0.1) is 11.6 Å². The van der Waals surface area contributed by atoms with Gasteiger partial charge in [0.2, 0.25) is 0 Å². The van der Waals surface area contributed by atoms with Crippen molar-refractivity contribution in [2.45, 2.75) is 37.9 Å². The van der Waals surface area contributed by atoms with Gasteiger partial charge >= 0.3 is 6.18 Å². The van der Waals surface area contributed by atoms with Crippen molar-refractivity contribution in [3.8, 4) is 0 Å². The normalized spacial score (nSPS) is 20.6. The Kier molecular flexibility index (Phi) is 4.55. The highest BCUT2D eigenvalue weighted by molar-refractivity contribution is 6.17. The number of halogens is 4. The molecule has 0 bridgehead atoms. The highest BCUT2D eigenvalue weighted by Gasteiger charge is 2.31. The number of nitrogens with zero attached hydrogens (tertiary/aromatic N) is 2. The SMILES string of the molecule is FC(F)(F)c1ccc(N2CCCCC2CCCl)nc1. The maximum absolute atomic E-state index is 12.5. The van der Waals surface area contributed by atoms with Crippen LogP contribution in [-0.2, 0) is 6.18 Å². The molecular formula is C13H16ClF3N2. The van der Waals surface area contributed by atoms with E-state index in [1.54, 1.807) is 0 Å². The van der Waals surface area contributed by atoms with Crippen molar-refractivity contribution in [2.75, 3.05) is 17.3 Å². The highest BCUT2D eigenvalue weighted by Crippen LogP contribution is 2.31. The molecule has 0 amide bonds. The molecule has 1 aliphatic heterocycles. The lowest BCUT2D eigenvalue weighted by Gasteiger charge is -2.36. The molecule has 1 aliphatic rings. The molecule has 1 aromatic heterocycles. The lowest BCUT2D eigenvalue weighted by Crippen LogP contribution is -2.40. The predicted octanol–water partition coefficient (Wildman–Crippen LogP) is 4.09. The van der Waals surface area contributed by atoms with Crippen LogP contribution in [0.1, 0.15) is 31.2 Å². The molecule has 0 saturated carbocycles. The van der Waals surface area contributed by atoms with Gasteiger partial charge in [-0.05, 0) is 37.8 Å². The molecule has 0 spiro atoms. The minimum Gasteiger partial charge on any atom is -0.354 e. The second kappa shape index (κ2) is 5.99. The molecular weight excluding hydrogens is 277 g/mol. The Labute approximate surface area is 115 Å². The Morgan fingerprint density at radius 1 is 1.32 bits per heavy atom. The third-order valence-electron chi connectivity index (χ3n) is 3.44. The first kappa shape index (κ1) is 14.4. The first-order valence-corrected chi connectivity index (χ1v) is 6.91. The number of aromatic nitrogens is 1. The van der Waals surface area contributed by atoms with Crippen molar-refractivity contribution in [3.63, 3.8) is 0 Å². The van der Waals surface area contributed by atoms with Crippen molar-refractivity contribution >= 4 is 17.4 Å². The molecule has 0 radical (unpaired) electrons. The van der Waals surface area contributed by atoms with Crippen LogP contribution in [-0.4, -0.2) is 23.5 Å². The summed E-state index contributed by atoms with van der Waals surface area (Å²) in [5, 5.41) is 0. The molecule has 1 aromatic rings. The number of rotatable bonds is 3. The van der Waals surface area contributed by atoms with Crippen molar-refractivity contribution < 1.29 is 13.2 Å². The van der Waals surface area contributed by atoms with E-state index in [-0.39, 0.29) is 6.04 Å². The molecule has 0 aromatic carbocycles. The summed E-state index contributed by atoms with van der Waals surface area (Å²) in [7, 11) is 0. The van der Waals surface area contributed by atoms with E-state index < -0.39 is 11.7 Å². The first-order chi connectivity index (χ1) is 9.02. The molecule has 2 rings (SSSR count). The molecule has 1 unspecified atom stereocenters. The lowest BCUT2D eigenvalue weighted by molar-refractivity contribution is -0.137. The zero-order chi connectivity index (χ0) is 13.9. The topological polar surface area (TPSA) is 16.1 Å². The molecule has 19 heavy (non-hydrogen) atoms. The summed E-state index contributed by atoms with van der Waals surface area (Å²) in [6.45, 7) is 0.833. The molecule has 1 atom stereocenters. The van der Waals surface area contributed by atoms with Gasteiger partial charge in [-0.25, -0.2) is 4.98 Å². The summed E-state index contributed by atoms with van der Waals surface area (Å²) >= 11 is 5.78. The fraction of sp³-hybridized carbons (Fsp3) is 0.615. The van der Waals surface area contributed by atoms with Crippen LogP contribution < -0.4 is 4.90 Å². The van der Waals surface area contributed by atoms with E-state index in [1.165, 1.54) is 6.07 Å². The highest BCUT2D eigenvalue weighted by atomic mass is 35.5. The zero-order valence-corrected chi connectivity index (χ0v) is 11.2. The third-order valence-corrected chi connectivity index (χ3v) is 3.66. The molecule has 0 N–H and O–H groups in total. The smallest absolute Gasteiger partial charge is 0.354 e. The van der Waals surface area contributed by atoms with E-state index in [0.717, 1.165) is 44.5 Å². The summed E-state index contributed by atoms with van der Waals surface area (Å²) in [5.41, 5.74) is -0.706. The second-order valence-corrected chi connectivity index (χ2v) is 5.10. The largest absolute Gasteiger partial charge is 0.417 e. The number of alkyl halides is 4. The van der Waals surface area contributed by atoms with Crippen molar-refractivity contribution in [1.82, 2.24) is 4.98 Å². The summed E-state index contributed by atoms with van der Waals surface area (Å²) in [6, 6.07) is 2.83. The van der Waals surface area contributed by atoms with E-state index in [2.05, 4.69) is 9.88 Å². The molecule has 1 fully saturated rings. The van der Waals surface area contributed by atoms with E-state index in [0.29, 0.717) is 11.7 Å². The van der Waals surface area contributed by atoms with Crippen LogP contribution in [0, 0.1) is 0 Å². The Morgan fingerprint density at radius 2 is 2.11 bits per heavy atom. The van der Waals surface area contributed by atoms with Crippen LogP contribution in [0.3, 0.4) is 0 Å². The van der Waals surface area contributed by atoms with Gasteiger partial charge < -0.3 is 4.90 Å². The maximum Gasteiger partial charge on any atom is 0.417 e. The number of piperidine rings is 1. The minimum atomic E-state index is -4.33. The maximum atomic E-state index is 12.5. The molecule has 1 saturated heterocycles. The number of hydrogen-bond acceptors (Lipinski definition) is 2. The van der Waals surface area contributed by atoms with E-state index in [4.69, 9.17) is 11.6 Å². The van der Waals surface area contributed by atoms with Crippen LogP contribution in [0.15, 0.2) is 18.3 Å². The Bertz CT molecular complexity index is 403. The van der Waals surface area contributed by atoms with E-state index in [9.17, 15) is 13.2 Å². The summed E-state index contributed by atoms with van der Waals surface area (Å²) in [4.78, 5) is 6.04. The average Bonchev–Trinajstić information content (AvgIpc) is 2.39. The molecule has 106 valence electrons. The van der Waals surface area contributed by atoms with Gasteiger partial charge in [0, 0.05) is 24.7 Å². The lowest BCUT2D eigenvalue weighted by atomic mass is 10.00. The zero-order valence-electron chi connectivity index (χ0n) is 10.5. The van der Waals surface area contributed by atoms with Gasteiger partial charge in [-0.1, -0.05) is 0 Å². The van der Waals surface area contributed by atoms with Crippen LogP contribution in [0.5, 0.6) is 0 Å². The van der Waals surface area contributed by atoms with Crippen molar-refractivity contribution in [3.05, 3.63) is 23.9 Å². The van der Waals surface area contributed by atoms with Gasteiger partial charge in [0.05, 0.1) is 5.56 Å². The average molecular weight is 293 g/mol. The Morgan fingerprint density at radius 3 is 2.68 bits per heavy atom. The second-order valence-electron chi connectivity index (χ2n) is 4.72. The van der Waals surface area contributed by atoms with Gasteiger partial charge in [0.15, 0.2) is 0 Å². The van der Waals surface area contributed by atoms with Crippen molar-refractivity contribution in [2.24, 2.45) is 0 Å². The molecule has 2 nitrogen and oxygen atoms in total. The Balaban J connectivity index is 2.15. The van der Waals surface area contributed by atoms with Gasteiger partial charge in [-0.3, -0.25) is 0 Å². The minimum absolute atomic E-state index is 0.287. The van der Waals surface area contributed by atoms with Crippen LogP contribution in [0.4, 0.5) is 19.0 Å². The number of anilines is 1. The first-order valence-electron chi connectivity index (χ1n) is 6.38. The van der Waals surface area contributed by atoms with Gasteiger partial charge in [0.1, 0.15) is 5.82 Å². The molecule has 0 aliphatic carbocycles. The number of hydrogen-bond donors (Lipinski definition) is 0. The van der Waals surface area contributed by atoms with Crippen LogP contribution >= 0.6 is 11.6 Å². The van der Waals surface area contributed by atoms with Crippen LogP contribution in [0.25, 0.3) is 0 Å². The number of pyridine rings is 1. The van der Waals surface area contributed by atoms with Crippen molar-refractivity contribution in [1.29, 1.82) is 0 Å². The quantitative estimate of drug-likeness (QED) is 0.780. The predicted molar refractivity (Wildman–Crippen MR) is 69.6 cm³/mol. The summed E-state index contributed by atoms with van der Waals surface area (Å²) in [5.74, 6) is 1.17. The Hall–Kier alpha value is -0.970. The van der Waals surface area contributed by atoms with E-state index in [1.807, 2.05) is 0 Å². The summed E-state index contributed by atoms with van der Waals surface area (Å²) < 4.78 is 37.5. The fourth-order valence-corrected chi connectivity index (χ4v) is 2.70. The van der Waals surface area contributed by atoms with E-state index >= 15 is 0 Å². The summed E-state index contributed by atoms with van der Waals surface area (Å²) in [6.07, 6.45) is 0.616. The molecule has 6 heteroatoms. The fourth-order valence-electron chi connectivity index (χ4n) is 2.45. The third kappa shape index (κ3) is 3.53. The monoisotopic (exact) mass is 292 g/mol. The molecule has 2 heterocycles. The standard InChI is InChI=1S/C13H16ClF3N2/c14-7-6-11-3-1-2-8-19(11)12-5-4-10(9-18-12)13(15,16)17/h4-5,9,11H,1-3,6-8H2. The van der Waals surface area contributed by atoms with Gasteiger partial charge in [-0.2, -0.15) is 13.2 Å². The van der Waals surface area contributed by atoms with Gasteiger partial charge in [0.25, 0.3) is 0 Å².